The molecule has 6 unspecified atom stereocenters. The summed E-state index contributed by atoms with van der Waals surface area (Å²) >= 11 is 1.96. The monoisotopic (exact) mass is 538 g/mol. The van der Waals surface area contributed by atoms with Crippen molar-refractivity contribution in [1.82, 2.24) is 0 Å². The Morgan fingerprint density at radius 1 is 1.08 bits per heavy atom. The summed E-state index contributed by atoms with van der Waals surface area (Å²) in [4.78, 5) is 1.27. The Morgan fingerprint density at radius 2 is 1.79 bits per heavy atom. The molecule has 5 rings (SSSR count). The fourth-order valence-electron chi connectivity index (χ4n) is 8.48. The summed E-state index contributed by atoms with van der Waals surface area (Å²) in [6, 6.07) is 8.48. The lowest BCUT2D eigenvalue weighted by Crippen LogP contribution is -2.41. The van der Waals surface area contributed by atoms with Gasteiger partial charge in [-0.3, -0.25) is 0 Å². The summed E-state index contributed by atoms with van der Waals surface area (Å²) in [6.07, 6.45) is 16.8. The zero-order valence-corrected chi connectivity index (χ0v) is 25.4. The van der Waals surface area contributed by atoms with E-state index in [1.54, 1.807) is 5.57 Å². The smallest absolute Gasteiger partial charge is 0.0840 e. The number of rotatable bonds is 8. The van der Waals surface area contributed by atoms with Crippen molar-refractivity contribution in [3.63, 3.8) is 0 Å². The molecule has 1 spiro atoms. The van der Waals surface area contributed by atoms with Crippen LogP contribution in [0.25, 0.3) is 0 Å². The maximum atomic E-state index is 10.4. The topological polar surface area (TPSA) is 38.7 Å². The molecule has 1 aromatic rings. The van der Waals surface area contributed by atoms with Crippen LogP contribution < -0.4 is 0 Å². The fourth-order valence-corrected chi connectivity index (χ4v) is 9.56. The summed E-state index contributed by atoms with van der Waals surface area (Å²) in [5.41, 5.74) is 4.10. The number of benzene rings is 1. The molecular weight excluding hydrogens is 488 g/mol. The number of methoxy groups -OCH3 is 2. The van der Waals surface area contributed by atoms with Gasteiger partial charge >= 0.3 is 0 Å². The molecule has 0 aliphatic heterocycles. The molecule has 0 amide bonds. The van der Waals surface area contributed by atoms with E-state index in [1.165, 1.54) is 55.4 Å². The Kier molecular flexibility index (Phi) is 8.29. The van der Waals surface area contributed by atoms with Crippen LogP contribution in [-0.4, -0.2) is 37.3 Å². The van der Waals surface area contributed by atoms with Crippen LogP contribution in [0, 0.1) is 28.6 Å². The zero-order valence-electron chi connectivity index (χ0n) is 24.6. The molecule has 1 N–H and O–H groups in total. The summed E-state index contributed by atoms with van der Waals surface area (Å²) in [6.45, 7) is 8.82. The number of aliphatic hydroxyl groups is 1. The van der Waals surface area contributed by atoms with Gasteiger partial charge in [-0.05, 0) is 112 Å². The van der Waals surface area contributed by atoms with Crippen molar-refractivity contribution in [1.29, 1.82) is 0 Å². The Morgan fingerprint density at radius 3 is 2.42 bits per heavy atom. The Labute approximate surface area is 235 Å². The van der Waals surface area contributed by atoms with Crippen LogP contribution in [0.1, 0.15) is 91.0 Å². The molecule has 210 valence electrons. The molecule has 4 heteroatoms. The predicted octanol–water partition coefficient (Wildman–Crippen LogP) is 8.32. The Balaban J connectivity index is 1.25. The molecule has 4 fully saturated rings. The van der Waals surface area contributed by atoms with Crippen molar-refractivity contribution < 1.29 is 14.6 Å². The van der Waals surface area contributed by atoms with Gasteiger partial charge in [-0.25, -0.2) is 0 Å². The molecule has 38 heavy (non-hydrogen) atoms. The summed E-state index contributed by atoms with van der Waals surface area (Å²) in [7, 11) is 3.77. The lowest BCUT2D eigenvalue weighted by atomic mass is 9.61. The van der Waals surface area contributed by atoms with Crippen LogP contribution >= 0.6 is 11.8 Å². The van der Waals surface area contributed by atoms with Gasteiger partial charge in [0.1, 0.15) is 0 Å². The van der Waals surface area contributed by atoms with Gasteiger partial charge in [-0.15, -0.1) is 11.8 Å². The molecule has 0 bridgehead atoms. The van der Waals surface area contributed by atoms with E-state index in [-0.39, 0.29) is 5.41 Å². The highest BCUT2D eigenvalue weighted by Gasteiger charge is 2.58. The molecule has 0 radical (unpaired) electrons. The average Bonchev–Trinajstić information content (AvgIpc) is 3.60. The van der Waals surface area contributed by atoms with Crippen LogP contribution in [0.5, 0.6) is 0 Å². The van der Waals surface area contributed by atoms with Gasteiger partial charge in [-0.2, -0.15) is 0 Å². The van der Waals surface area contributed by atoms with Gasteiger partial charge in [-0.1, -0.05) is 49.3 Å². The first-order valence-corrected chi connectivity index (χ1v) is 16.0. The molecule has 0 saturated heterocycles. The minimum Gasteiger partial charge on any atom is -0.386 e. The summed E-state index contributed by atoms with van der Waals surface area (Å²) < 4.78 is 11.9. The summed E-state index contributed by atoms with van der Waals surface area (Å²) in [5, 5.41) is 10.4. The minimum absolute atomic E-state index is 0.278. The molecule has 0 heterocycles. The lowest BCUT2D eigenvalue weighted by molar-refractivity contribution is -0.0633. The average molecular weight is 539 g/mol. The van der Waals surface area contributed by atoms with E-state index in [1.807, 2.05) is 45.9 Å². The van der Waals surface area contributed by atoms with Gasteiger partial charge in [0.25, 0.3) is 0 Å². The standard InChI is InChI=1S/C34H50O3S/c1-23(22-38-27-11-7-10-26(21-27)32(2,3)35)28-14-15-29-25(9-8-16-33(28,29)4)13-12-24-19-30(36-5)34(17-18-34)31(20-24)37-6/h7,10-13,21,23,28-31,35H,8-9,14-20,22H2,1-6H3. The number of allylic oxidation sites excluding steroid dienone is 3. The first kappa shape index (κ1) is 28.5. The highest BCUT2D eigenvalue weighted by Crippen LogP contribution is 2.61. The van der Waals surface area contributed by atoms with Gasteiger partial charge in [0, 0.05) is 30.3 Å². The van der Waals surface area contributed by atoms with Crippen LogP contribution in [0.2, 0.25) is 0 Å². The third-order valence-electron chi connectivity index (χ3n) is 10.9. The predicted molar refractivity (Wildman–Crippen MR) is 158 cm³/mol. The minimum atomic E-state index is -0.791. The fraction of sp³-hybridized carbons (Fsp3) is 0.706. The second-order valence-corrected chi connectivity index (χ2v) is 14.7. The first-order chi connectivity index (χ1) is 18.1. The van der Waals surface area contributed by atoms with Crippen molar-refractivity contribution >= 4 is 11.8 Å². The van der Waals surface area contributed by atoms with Gasteiger partial charge in [0.05, 0.1) is 17.8 Å². The number of hydrogen-bond donors (Lipinski definition) is 1. The highest BCUT2D eigenvalue weighted by molar-refractivity contribution is 7.99. The van der Waals surface area contributed by atoms with Gasteiger partial charge < -0.3 is 14.6 Å². The van der Waals surface area contributed by atoms with Crippen LogP contribution in [0.4, 0.5) is 0 Å². The van der Waals surface area contributed by atoms with E-state index in [0.29, 0.717) is 23.5 Å². The highest BCUT2D eigenvalue weighted by atomic mass is 32.2. The second kappa shape index (κ2) is 11.1. The zero-order chi connectivity index (χ0) is 27.1. The second-order valence-electron chi connectivity index (χ2n) is 13.6. The first-order valence-electron chi connectivity index (χ1n) is 15.0. The summed E-state index contributed by atoms with van der Waals surface area (Å²) in [5.74, 6) is 3.31. The van der Waals surface area contributed by atoms with Crippen molar-refractivity contribution in [3.8, 4) is 0 Å². The van der Waals surface area contributed by atoms with E-state index in [2.05, 4.69) is 44.2 Å². The van der Waals surface area contributed by atoms with Crippen LogP contribution in [0.3, 0.4) is 0 Å². The Hall–Kier alpha value is -1.07. The van der Waals surface area contributed by atoms with Crippen molar-refractivity contribution in [2.24, 2.45) is 28.6 Å². The molecule has 6 atom stereocenters. The number of ether oxygens (including phenoxy) is 2. The van der Waals surface area contributed by atoms with E-state index < -0.39 is 5.60 Å². The maximum absolute atomic E-state index is 10.4. The number of thioether (sulfide) groups is 1. The van der Waals surface area contributed by atoms with Crippen molar-refractivity contribution in [3.05, 3.63) is 53.1 Å². The van der Waals surface area contributed by atoms with Crippen molar-refractivity contribution in [2.75, 3.05) is 20.0 Å². The van der Waals surface area contributed by atoms with E-state index in [0.717, 1.165) is 36.0 Å². The number of fused-ring (bicyclic) bond motifs is 1. The van der Waals surface area contributed by atoms with E-state index in [4.69, 9.17) is 9.47 Å². The lowest BCUT2D eigenvalue weighted by Gasteiger charge is -2.44. The number of hydrogen-bond acceptors (Lipinski definition) is 4. The molecule has 0 aromatic heterocycles. The normalized spacial score (nSPS) is 34.4. The van der Waals surface area contributed by atoms with Crippen LogP contribution in [-0.2, 0) is 15.1 Å². The van der Waals surface area contributed by atoms with Crippen LogP contribution in [0.15, 0.2) is 52.5 Å². The molecule has 4 saturated carbocycles. The van der Waals surface area contributed by atoms with Gasteiger partial charge in [0.15, 0.2) is 0 Å². The maximum Gasteiger partial charge on any atom is 0.0840 e. The molecule has 1 aromatic carbocycles. The molecule has 4 aliphatic carbocycles. The third kappa shape index (κ3) is 5.45. The van der Waals surface area contributed by atoms with Gasteiger partial charge in [0.2, 0.25) is 0 Å². The van der Waals surface area contributed by atoms with E-state index >= 15 is 0 Å². The van der Waals surface area contributed by atoms with Crippen molar-refractivity contribution in [2.45, 2.75) is 108 Å². The quantitative estimate of drug-likeness (QED) is 0.338. The molecular formula is C34H50O3S. The largest absolute Gasteiger partial charge is 0.386 e. The SMILES string of the molecule is COC1CC(=CC=C2CCCC3(C)C2CCC3C(C)CSc2cccc(C(C)(C)O)c2)CC(OC)C12CC2. The molecule has 3 nitrogen and oxygen atoms in total. The molecule has 4 aliphatic rings. The third-order valence-corrected chi connectivity index (χ3v) is 12.2. The Bertz CT molecular complexity index is 1030. The van der Waals surface area contributed by atoms with E-state index in [9.17, 15) is 5.11 Å².